The van der Waals surface area contributed by atoms with Gasteiger partial charge in [0.2, 0.25) is 0 Å². The van der Waals surface area contributed by atoms with Gasteiger partial charge in [0.1, 0.15) is 0 Å². The Hall–Kier alpha value is -0.540. The van der Waals surface area contributed by atoms with E-state index in [0.717, 1.165) is 19.6 Å². The Kier molecular flexibility index (Phi) is 0.797. The second-order valence-corrected chi connectivity index (χ2v) is 2.10. The first kappa shape index (κ1) is 4.35. The van der Waals surface area contributed by atoms with Gasteiger partial charge in [-0.15, -0.1) is 0 Å². The van der Waals surface area contributed by atoms with Crippen LogP contribution < -0.4 is 16.2 Å². The zero-order valence-corrected chi connectivity index (χ0v) is 4.57. The number of nitrogens with zero attached hydrogens (tertiary/aromatic N) is 1. The molecule has 0 aromatic heterocycles. The van der Waals surface area contributed by atoms with E-state index in [1.54, 1.807) is 0 Å². The Morgan fingerprint density at radius 3 is 3.12 bits per heavy atom. The van der Waals surface area contributed by atoms with Crippen LogP contribution in [-0.2, 0) is 0 Å². The monoisotopic (exact) mass is 110 g/mol. The lowest BCUT2D eigenvalue weighted by atomic mass is 10.3. The van der Waals surface area contributed by atoms with Crippen molar-refractivity contribution in [1.82, 2.24) is 16.2 Å². The molecule has 3 heteroatoms. The number of nitrogens with one attached hydrogen (secondary N) is 2. The third kappa shape index (κ3) is 0.454. The molecule has 0 aromatic rings. The maximum absolute atomic E-state index is 4.06. The summed E-state index contributed by atoms with van der Waals surface area (Å²) in [5.74, 6) is 0. The number of hydrogen-bond donors (Lipinski definition) is 2. The van der Waals surface area contributed by atoms with E-state index in [1.807, 2.05) is 0 Å². The van der Waals surface area contributed by atoms with Gasteiger partial charge in [-0.1, -0.05) is 0 Å². The van der Waals surface area contributed by atoms with Crippen molar-refractivity contribution in [3.63, 3.8) is 0 Å². The molecule has 2 rings (SSSR count). The number of hydrogen-bond acceptors (Lipinski definition) is 2. The van der Waals surface area contributed by atoms with Crippen molar-refractivity contribution in [2.24, 2.45) is 0 Å². The van der Waals surface area contributed by atoms with Crippen molar-refractivity contribution >= 4 is 0 Å². The molecule has 0 fully saturated rings. The topological polar surface area (TPSA) is 38.2 Å². The van der Waals surface area contributed by atoms with E-state index in [-0.39, 0.29) is 0 Å². The summed E-state index contributed by atoms with van der Waals surface area (Å²) in [6.45, 7) is 2.95. The molecule has 2 aliphatic rings. The maximum atomic E-state index is 4.06. The van der Waals surface area contributed by atoms with Crippen molar-refractivity contribution in [3.8, 4) is 0 Å². The lowest BCUT2D eigenvalue weighted by Gasteiger charge is -1.95. The minimum atomic E-state index is 0.961. The van der Waals surface area contributed by atoms with Gasteiger partial charge in [0.25, 0.3) is 0 Å². The quantitative estimate of drug-likeness (QED) is 0.418. The van der Waals surface area contributed by atoms with Crippen LogP contribution in [0.4, 0.5) is 0 Å². The Labute approximate surface area is 48.1 Å². The average Bonchev–Trinajstić information content (AvgIpc) is 2.15. The van der Waals surface area contributed by atoms with Gasteiger partial charge in [0.05, 0.1) is 5.70 Å². The summed E-state index contributed by atoms with van der Waals surface area (Å²) in [6, 6.07) is 0. The van der Waals surface area contributed by atoms with E-state index >= 15 is 0 Å². The summed E-state index contributed by atoms with van der Waals surface area (Å²) in [6.07, 6.45) is 0. The van der Waals surface area contributed by atoms with Gasteiger partial charge in [-0.2, -0.15) is 0 Å². The largest absolute Gasteiger partial charge is 0.307 e. The van der Waals surface area contributed by atoms with Crippen molar-refractivity contribution in [2.45, 2.75) is 0 Å². The van der Waals surface area contributed by atoms with Crippen LogP contribution in [0.15, 0.2) is 11.3 Å². The van der Waals surface area contributed by atoms with Crippen molar-refractivity contribution in [2.75, 3.05) is 19.6 Å². The van der Waals surface area contributed by atoms with Gasteiger partial charge in [-0.05, 0) is 5.57 Å². The van der Waals surface area contributed by atoms with E-state index < -0.39 is 0 Å². The van der Waals surface area contributed by atoms with Crippen molar-refractivity contribution in [3.05, 3.63) is 11.3 Å². The summed E-state index contributed by atoms with van der Waals surface area (Å²) in [5, 5.41) is 3.22. The third-order valence-corrected chi connectivity index (χ3v) is 1.55. The van der Waals surface area contributed by atoms with Gasteiger partial charge in [0, 0.05) is 19.6 Å². The zero-order valence-electron chi connectivity index (χ0n) is 4.57. The molecule has 0 aromatic carbocycles. The fourth-order valence-electron chi connectivity index (χ4n) is 1.07. The molecule has 8 heavy (non-hydrogen) atoms. The highest BCUT2D eigenvalue weighted by atomic mass is 15.4. The van der Waals surface area contributed by atoms with Crippen LogP contribution in [0.2, 0.25) is 0 Å². The van der Waals surface area contributed by atoms with Crippen LogP contribution in [0.5, 0.6) is 0 Å². The molecule has 2 aliphatic heterocycles. The molecule has 0 unspecified atom stereocenters. The molecule has 2 N–H and O–H groups in total. The molecular formula is C5H8N3. The van der Waals surface area contributed by atoms with Crippen LogP contribution in [0.25, 0.3) is 0 Å². The van der Waals surface area contributed by atoms with Gasteiger partial charge in [-0.25, -0.2) is 10.9 Å². The summed E-state index contributed by atoms with van der Waals surface area (Å²) in [4.78, 5) is 0. The smallest absolute Gasteiger partial charge is 0.0704 e. The lowest BCUT2D eigenvalue weighted by Crippen LogP contribution is -2.24. The highest BCUT2D eigenvalue weighted by molar-refractivity contribution is 5.24. The fourth-order valence-corrected chi connectivity index (χ4v) is 1.07. The van der Waals surface area contributed by atoms with E-state index in [1.165, 1.54) is 11.3 Å². The maximum Gasteiger partial charge on any atom is 0.0704 e. The highest BCUT2D eigenvalue weighted by Gasteiger charge is 2.19. The van der Waals surface area contributed by atoms with E-state index in [0.29, 0.717) is 0 Å². The third-order valence-electron chi connectivity index (χ3n) is 1.55. The Morgan fingerprint density at radius 2 is 2.25 bits per heavy atom. The lowest BCUT2D eigenvalue weighted by molar-refractivity contribution is 0.638. The molecule has 3 nitrogen and oxygen atoms in total. The first-order chi connectivity index (χ1) is 3.97. The zero-order chi connectivity index (χ0) is 5.40. The standard InChI is InChI=1S/C5H8N3/c1-4-2-7-8-5(4)3-6-1/h6-7H,1-3H2. The molecule has 0 spiro atoms. The Balaban J connectivity index is 2.23. The van der Waals surface area contributed by atoms with Crippen molar-refractivity contribution < 1.29 is 0 Å². The first-order valence-corrected chi connectivity index (χ1v) is 2.82. The summed E-state index contributed by atoms with van der Waals surface area (Å²) in [5.41, 5.74) is 9.66. The normalized spacial score (nSPS) is 26.0. The molecule has 0 saturated carbocycles. The minimum Gasteiger partial charge on any atom is -0.307 e. The molecule has 43 valence electrons. The van der Waals surface area contributed by atoms with Gasteiger partial charge in [-0.3, -0.25) is 0 Å². The van der Waals surface area contributed by atoms with Crippen molar-refractivity contribution in [1.29, 1.82) is 0 Å². The Morgan fingerprint density at radius 1 is 1.25 bits per heavy atom. The fraction of sp³-hybridized carbons (Fsp3) is 0.600. The van der Waals surface area contributed by atoms with Crippen LogP contribution in [0, 0.1) is 0 Å². The SMILES string of the molecule is C1NCC2=C1CN[N]2. The molecule has 0 amide bonds. The molecule has 0 bridgehead atoms. The first-order valence-electron chi connectivity index (χ1n) is 2.82. The van der Waals surface area contributed by atoms with Crippen LogP contribution in [-0.4, -0.2) is 19.6 Å². The average molecular weight is 110 g/mol. The summed E-state index contributed by atoms with van der Waals surface area (Å²) in [7, 11) is 0. The van der Waals surface area contributed by atoms with Gasteiger partial charge >= 0.3 is 0 Å². The van der Waals surface area contributed by atoms with Gasteiger partial charge < -0.3 is 5.32 Å². The minimum absolute atomic E-state index is 0.961. The van der Waals surface area contributed by atoms with Crippen LogP contribution in [0.1, 0.15) is 0 Å². The molecule has 0 saturated heterocycles. The molecular weight excluding hydrogens is 102 g/mol. The van der Waals surface area contributed by atoms with E-state index in [9.17, 15) is 0 Å². The van der Waals surface area contributed by atoms with E-state index in [2.05, 4.69) is 16.2 Å². The van der Waals surface area contributed by atoms with Crippen LogP contribution >= 0.6 is 0 Å². The second kappa shape index (κ2) is 1.47. The molecule has 0 atom stereocenters. The highest BCUT2D eigenvalue weighted by Crippen LogP contribution is 2.09. The molecule has 1 radical (unpaired) electrons. The predicted molar refractivity (Wildman–Crippen MR) is 30.0 cm³/mol. The second-order valence-electron chi connectivity index (χ2n) is 2.10. The van der Waals surface area contributed by atoms with Gasteiger partial charge in [0.15, 0.2) is 0 Å². The Bertz CT molecular complexity index is 111. The van der Waals surface area contributed by atoms with E-state index in [4.69, 9.17) is 0 Å². The predicted octanol–water partition coefficient (Wildman–Crippen LogP) is -1.03. The summed E-state index contributed by atoms with van der Waals surface area (Å²) < 4.78 is 0. The molecule has 2 heterocycles. The number of rotatable bonds is 0. The molecule has 0 aliphatic carbocycles. The summed E-state index contributed by atoms with van der Waals surface area (Å²) >= 11 is 0. The van der Waals surface area contributed by atoms with Crippen LogP contribution in [0.3, 0.4) is 0 Å².